The minimum Gasteiger partial charge on any atom is -0.394 e. The van der Waals surface area contributed by atoms with E-state index in [4.69, 9.17) is 14.9 Å². The fourth-order valence-electron chi connectivity index (χ4n) is 0.578. The number of aliphatic hydroxyl groups is 2. The smallest absolute Gasteiger partial charge is 0.0897 e. The molecule has 0 aromatic carbocycles. The summed E-state index contributed by atoms with van der Waals surface area (Å²) in [5.41, 5.74) is 0. The zero-order valence-corrected chi connectivity index (χ0v) is 6.21. The molecule has 0 heterocycles. The van der Waals surface area contributed by atoms with E-state index >= 15 is 0 Å². The van der Waals surface area contributed by atoms with Gasteiger partial charge < -0.3 is 20.3 Å². The molecule has 0 bridgehead atoms. The molecule has 0 spiro atoms. The summed E-state index contributed by atoms with van der Waals surface area (Å²) in [4.78, 5) is 0. The Hall–Kier alpha value is -0.160. The topological polar surface area (TPSA) is 61.7 Å². The molecular formula is C6H15NO3. The Labute approximate surface area is 60.8 Å². The molecule has 0 saturated heterocycles. The van der Waals surface area contributed by atoms with Crippen molar-refractivity contribution in [2.45, 2.75) is 6.10 Å². The van der Waals surface area contributed by atoms with Crippen LogP contribution in [0.5, 0.6) is 0 Å². The molecule has 1 unspecified atom stereocenters. The highest BCUT2D eigenvalue weighted by Gasteiger charge is 2.00. The van der Waals surface area contributed by atoms with Crippen molar-refractivity contribution >= 4 is 0 Å². The lowest BCUT2D eigenvalue weighted by atomic mass is 10.4. The molecule has 10 heavy (non-hydrogen) atoms. The van der Waals surface area contributed by atoms with E-state index in [0.717, 1.165) is 0 Å². The third kappa shape index (κ3) is 5.97. The number of hydrogen-bond donors (Lipinski definition) is 3. The standard InChI is InChI=1S/C6H15NO3/c1-7-4-6(9)5-10-3-2-8/h6-9H,2-5H2,1H3. The van der Waals surface area contributed by atoms with Crippen LogP contribution in [0.2, 0.25) is 0 Å². The van der Waals surface area contributed by atoms with Crippen LogP contribution >= 0.6 is 0 Å². The fraction of sp³-hybridized carbons (Fsp3) is 1.00. The van der Waals surface area contributed by atoms with Crippen LogP contribution in [-0.4, -0.2) is 49.7 Å². The second-order valence-electron chi connectivity index (χ2n) is 2.01. The molecule has 0 radical (unpaired) electrons. The van der Waals surface area contributed by atoms with Gasteiger partial charge in [0.25, 0.3) is 0 Å². The molecule has 0 aliphatic rings. The lowest BCUT2D eigenvalue weighted by Crippen LogP contribution is -2.28. The first kappa shape index (κ1) is 9.84. The summed E-state index contributed by atoms with van der Waals surface area (Å²) in [5, 5.41) is 20.1. The summed E-state index contributed by atoms with van der Waals surface area (Å²) < 4.78 is 4.86. The van der Waals surface area contributed by atoms with E-state index in [1.807, 2.05) is 0 Å². The van der Waals surface area contributed by atoms with Crippen molar-refractivity contribution in [2.75, 3.05) is 33.4 Å². The average Bonchev–Trinajstić information content (AvgIpc) is 1.89. The van der Waals surface area contributed by atoms with Gasteiger partial charge in [0.05, 0.1) is 25.9 Å². The first-order chi connectivity index (χ1) is 4.81. The van der Waals surface area contributed by atoms with Gasteiger partial charge in [-0.2, -0.15) is 0 Å². The van der Waals surface area contributed by atoms with Crippen LogP contribution in [0.25, 0.3) is 0 Å². The highest BCUT2D eigenvalue weighted by Crippen LogP contribution is 1.81. The maximum Gasteiger partial charge on any atom is 0.0897 e. The molecule has 0 fully saturated rings. The molecule has 0 aliphatic carbocycles. The van der Waals surface area contributed by atoms with Gasteiger partial charge in [0, 0.05) is 6.54 Å². The number of aliphatic hydroxyl groups excluding tert-OH is 2. The van der Waals surface area contributed by atoms with Crippen molar-refractivity contribution in [3.05, 3.63) is 0 Å². The monoisotopic (exact) mass is 149 g/mol. The quantitative estimate of drug-likeness (QED) is 0.405. The molecule has 0 aromatic rings. The number of nitrogens with one attached hydrogen (secondary N) is 1. The Balaban J connectivity index is 2.97. The van der Waals surface area contributed by atoms with E-state index in [2.05, 4.69) is 5.32 Å². The van der Waals surface area contributed by atoms with E-state index < -0.39 is 6.10 Å². The van der Waals surface area contributed by atoms with E-state index in [1.54, 1.807) is 7.05 Å². The Morgan fingerprint density at radius 3 is 2.80 bits per heavy atom. The van der Waals surface area contributed by atoms with E-state index in [-0.39, 0.29) is 13.2 Å². The highest BCUT2D eigenvalue weighted by molar-refractivity contribution is 4.54. The molecule has 0 rings (SSSR count). The minimum absolute atomic E-state index is 0.00622. The lowest BCUT2D eigenvalue weighted by Gasteiger charge is -2.08. The maximum atomic E-state index is 9.01. The van der Waals surface area contributed by atoms with Crippen LogP contribution in [0, 0.1) is 0 Å². The SMILES string of the molecule is CNCC(O)COCCO. The molecule has 4 heteroatoms. The second kappa shape index (κ2) is 6.95. The van der Waals surface area contributed by atoms with Crippen molar-refractivity contribution in [3.63, 3.8) is 0 Å². The van der Waals surface area contributed by atoms with Gasteiger partial charge in [-0.25, -0.2) is 0 Å². The first-order valence-corrected chi connectivity index (χ1v) is 3.32. The fourth-order valence-corrected chi connectivity index (χ4v) is 0.578. The molecule has 4 nitrogen and oxygen atoms in total. The van der Waals surface area contributed by atoms with Crippen LogP contribution in [0.1, 0.15) is 0 Å². The molecule has 0 aromatic heterocycles. The molecule has 0 saturated carbocycles. The van der Waals surface area contributed by atoms with Gasteiger partial charge in [-0.15, -0.1) is 0 Å². The molecule has 0 aliphatic heterocycles. The van der Waals surface area contributed by atoms with Gasteiger partial charge in [0.2, 0.25) is 0 Å². The highest BCUT2D eigenvalue weighted by atomic mass is 16.5. The van der Waals surface area contributed by atoms with Crippen LogP contribution in [0.3, 0.4) is 0 Å². The van der Waals surface area contributed by atoms with Crippen molar-refractivity contribution < 1.29 is 14.9 Å². The van der Waals surface area contributed by atoms with Gasteiger partial charge in [0.15, 0.2) is 0 Å². The number of hydrogen-bond acceptors (Lipinski definition) is 4. The second-order valence-corrected chi connectivity index (χ2v) is 2.01. The number of ether oxygens (including phenoxy) is 1. The molecule has 1 atom stereocenters. The molecule has 62 valence electrons. The third-order valence-corrected chi connectivity index (χ3v) is 0.986. The average molecular weight is 149 g/mol. The molecular weight excluding hydrogens is 134 g/mol. The Bertz CT molecular complexity index is 70.0. The number of likely N-dealkylation sites (N-methyl/N-ethyl adjacent to an activating group) is 1. The van der Waals surface area contributed by atoms with Crippen molar-refractivity contribution in [1.29, 1.82) is 0 Å². The van der Waals surface area contributed by atoms with Gasteiger partial charge in [-0.3, -0.25) is 0 Å². The normalized spacial score (nSPS) is 13.5. The maximum absolute atomic E-state index is 9.01. The van der Waals surface area contributed by atoms with Crippen molar-refractivity contribution in [1.82, 2.24) is 5.32 Å². The van der Waals surface area contributed by atoms with Crippen molar-refractivity contribution in [2.24, 2.45) is 0 Å². The van der Waals surface area contributed by atoms with Crippen LogP contribution in [0.15, 0.2) is 0 Å². The van der Waals surface area contributed by atoms with Crippen LogP contribution in [-0.2, 0) is 4.74 Å². The zero-order chi connectivity index (χ0) is 7.82. The first-order valence-electron chi connectivity index (χ1n) is 3.32. The molecule has 0 amide bonds. The minimum atomic E-state index is -0.475. The summed E-state index contributed by atoms with van der Waals surface area (Å²) in [6.45, 7) is 1.10. The van der Waals surface area contributed by atoms with Gasteiger partial charge in [-0.05, 0) is 7.05 Å². The predicted molar refractivity (Wildman–Crippen MR) is 37.8 cm³/mol. The zero-order valence-electron chi connectivity index (χ0n) is 6.21. The lowest BCUT2D eigenvalue weighted by molar-refractivity contribution is 0.0226. The number of rotatable bonds is 6. The Kier molecular flexibility index (Phi) is 6.84. The molecule has 3 N–H and O–H groups in total. The Morgan fingerprint density at radius 2 is 2.30 bits per heavy atom. The summed E-state index contributed by atoms with van der Waals surface area (Å²) >= 11 is 0. The van der Waals surface area contributed by atoms with Crippen molar-refractivity contribution in [3.8, 4) is 0 Å². The summed E-state index contributed by atoms with van der Waals surface area (Å²) in [6, 6.07) is 0. The van der Waals surface area contributed by atoms with E-state index in [0.29, 0.717) is 13.2 Å². The Morgan fingerprint density at radius 1 is 1.60 bits per heavy atom. The summed E-state index contributed by atoms with van der Waals surface area (Å²) in [5.74, 6) is 0. The van der Waals surface area contributed by atoms with E-state index in [9.17, 15) is 0 Å². The van der Waals surface area contributed by atoms with E-state index in [1.165, 1.54) is 0 Å². The van der Waals surface area contributed by atoms with Crippen LogP contribution < -0.4 is 5.32 Å². The van der Waals surface area contributed by atoms with Gasteiger partial charge in [-0.1, -0.05) is 0 Å². The van der Waals surface area contributed by atoms with Gasteiger partial charge in [0.1, 0.15) is 0 Å². The van der Waals surface area contributed by atoms with Gasteiger partial charge >= 0.3 is 0 Å². The third-order valence-electron chi connectivity index (χ3n) is 0.986. The van der Waals surface area contributed by atoms with Crippen LogP contribution in [0.4, 0.5) is 0 Å². The largest absolute Gasteiger partial charge is 0.394 e. The summed E-state index contributed by atoms with van der Waals surface area (Å²) in [6.07, 6.45) is -0.475. The predicted octanol–water partition coefficient (Wildman–Crippen LogP) is -1.42. The summed E-state index contributed by atoms with van der Waals surface area (Å²) in [7, 11) is 1.76.